The van der Waals surface area contributed by atoms with Crippen molar-refractivity contribution >= 4 is 5.91 Å². The smallest absolute Gasteiger partial charge is 0.219 e. The molecule has 0 spiro atoms. The highest BCUT2D eigenvalue weighted by Crippen LogP contribution is 2.09. The number of amides is 1. The molecule has 0 radical (unpaired) electrons. The van der Waals surface area contributed by atoms with Crippen molar-refractivity contribution in [2.24, 2.45) is 0 Å². The van der Waals surface area contributed by atoms with Gasteiger partial charge in [-0.2, -0.15) is 5.10 Å². The predicted octanol–water partition coefficient (Wildman–Crippen LogP) is 1.90. The Hall–Kier alpha value is -2.10. The van der Waals surface area contributed by atoms with E-state index in [0.29, 0.717) is 13.0 Å². The predicted molar refractivity (Wildman–Crippen MR) is 65.7 cm³/mol. The Balaban J connectivity index is 2.09. The van der Waals surface area contributed by atoms with E-state index in [1.54, 1.807) is 10.9 Å². The van der Waals surface area contributed by atoms with E-state index in [1.807, 2.05) is 43.5 Å². The molecule has 0 bridgehead atoms. The molecule has 0 aliphatic carbocycles. The first-order valence-corrected chi connectivity index (χ1v) is 5.65. The Morgan fingerprint density at radius 3 is 3.00 bits per heavy atom. The molecule has 0 saturated heterocycles. The van der Waals surface area contributed by atoms with Crippen LogP contribution in [0.2, 0.25) is 0 Å². The van der Waals surface area contributed by atoms with Crippen molar-refractivity contribution in [1.82, 2.24) is 15.1 Å². The molecule has 1 N–H and O–H groups in total. The number of carbonyl (C=O) groups is 1. The molecule has 0 aliphatic rings. The van der Waals surface area contributed by atoms with Crippen molar-refractivity contribution in [2.75, 3.05) is 0 Å². The van der Waals surface area contributed by atoms with Crippen LogP contribution >= 0.6 is 0 Å². The fourth-order valence-corrected chi connectivity index (χ4v) is 1.56. The second kappa shape index (κ2) is 5.30. The molecule has 0 aliphatic heterocycles. The first-order valence-electron chi connectivity index (χ1n) is 5.65. The van der Waals surface area contributed by atoms with E-state index in [2.05, 4.69) is 10.4 Å². The van der Waals surface area contributed by atoms with Gasteiger partial charge in [0.1, 0.15) is 0 Å². The average Bonchev–Trinajstić information content (AvgIpc) is 2.90. The summed E-state index contributed by atoms with van der Waals surface area (Å²) in [7, 11) is 0. The summed E-state index contributed by atoms with van der Waals surface area (Å²) in [6.07, 6.45) is 4.15. The van der Waals surface area contributed by atoms with Gasteiger partial charge >= 0.3 is 0 Å². The van der Waals surface area contributed by atoms with Crippen LogP contribution in [0.5, 0.6) is 0 Å². The van der Waals surface area contributed by atoms with E-state index in [-0.39, 0.29) is 5.91 Å². The maximum Gasteiger partial charge on any atom is 0.219 e. The largest absolute Gasteiger partial charge is 0.352 e. The minimum atomic E-state index is 0.0643. The number of hydrogen-bond donors (Lipinski definition) is 1. The van der Waals surface area contributed by atoms with E-state index >= 15 is 0 Å². The lowest BCUT2D eigenvalue weighted by molar-refractivity contribution is -0.120. The van der Waals surface area contributed by atoms with Crippen LogP contribution in [-0.2, 0) is 11.3 Å². The third-order valence-electron chi connectivity index (χ3n) is 2.49. The zero-order chi connectivity index (χ0) is 12.1. The van der Waals surface area contributed by atoms with Gasteiger partial charge in [-0.1, -0.05) is 19.1 Å². The summed E-state index contributed by atoms with van der Waals surface area (Å²) in [5.41, 5.74) is 2.07. The van der Waals surface area contributed by atoms with Crippen molar-refractivity contribution in [3.63, 3.8) is 0 Å². The van der Waals surface area contributed by atoms with E-state index < -0.39 is 0 Å². The van der Waals surface area contributed by atoms with Gasteiger partial charge in [-0.25, -0.2) is 4.68 Å². The van der Waals surface area contributed by atoms with Crippen LogP contribution in [0.1, 0.15) is 18.9 Å². The van der Waals surface area contributed by atoms with Gasteiger partial charge in [0.05, 0.1) is 5.69 Å². The summed E-state index contributed by atoms with van der Waals surface area (Å²) >= 11 is 0. The zero-order valence-corrected chi connectivity index (χ0v) is 9.76. The molecule has 0 unspecified atom stereocenters. The maximum atomic E-state index is 11.2. The van der Waals surface area contributed by atoms with Crippen LogP contribution in [0.3, 0.4) is 0 Å². The first kappa shape index (κ1) is 11.4. The fraction of sp³-hybridized carbons (Fsp3) is 0.231. The molecule has 17 heavy (non-hydrogen) atoms. The van der Waals surface area contributed by atoms with E-state index in [4.69, 9.17) is 0 Å². The van der Waals surface area contributed by atoms with Crippen molar-refractivity contribution < 1.29 is 4.79 Å². The number of benzene rings is 1. The van der Waals surface area contributed by atoms with Crippen LogP contribution in [-0.4, -0.2) is 15.7 Å². The quantitative estimate of drug-likeness (QED) is 0.870. The van der Waals surface area contributed by atoms with Crippen LogP contribution in [0.15, 0.2) is 42.7 Å². The molecule has 0 atom stereocenters. The highest BCUT2D eigenvalue weighted by Gasteiger charge is 2.00. The highest BCUT2D eigenvalue weighted by atomic mass is 16.1. The standard InChI is InChI=1S/C13H15N3O/c1-2-13(17)14-10-11-5-3-6-12(9-11)16-8-4-7-15-16/h3-9H,2,10H2,1H3,(H,14,17). The Bertz CT molecular complexity index is 491. The number of nitrogens with zero attached hydrogens (tertiary/aromatic N) is 2. The third kappa shape index (κ3) is 2.93. The SMILES string of the molecule is CCC(=O)NCc1cccc(-n2cccn2)c1. The third-order valence-corrected chi connectivity index (χ3v) is 2.49. The van der Waals surface area contributed by atoms with Gasteiger partial charge in [-0.05, 0) is 23.8 Å². The Kier molecular flexibility index (Phi) is 3.55. The molecule has 1 aromatic carbocycles. The van der Waals surface area contributed by atoms with E-state index in [0.717, 1.165) is 11.3 Å². The Morgan fingerprint density at radius 1 is 1.41 bits per heavy atom. The summed E-state index contributed by atoms with van der Waals surface area (Å²) in [4.78, 5) is 11.2. The lowest BCUT2D eigenvalue weighted by Gasteiger charge is -2.06. The maximum absolute atomic E-state index is 11.2. The minimum absolute atomic E-state index is 0.0643. The van der Waals surface area contributed by atoms with Crippen LogP contribution < -0.4 is 5.32 Å². The molecule has 4 nitrogen and oxygen atoms in total. The normalized spacial score (nSPS) is 10.2. The van der Waals surface area contributed by atoms with Crippen LogP contribution in [0, 0.1) is 0 Å². The summed E-state index contributed by atoms with van der Waals surface area (Å²) in [5, 5.41) is 7.02. The molecular weight excluding hydrogens is 214 g/mol. The number of carbonyl (C=O) groups excluding carboxylic acids is 1. The monoisotopic (exact) mass is 229 g/mol. The van der Waals surface area contributed by atoms with E-state index in [9.17, 15) is 4.79 Å². The fourth-order valence-electron chi connectivity index (χ4n) is 1.56. The molecule has 1 heterocycles. The molecular formula is C13H15N3O. The number of nitrogens with one attached hydrogen (secondary N) is 1. The molecule has 0 saturated carbocycles. The van der Waals surface area contributed by atoms with Gasteiger partial charge in [0.15, 0.2) is 0 Å². The Morgan fingerprint density at radius 2 is 2.29 bits per heavy atom. The molecule has 4 heteroatoms. The van der Waals surface area contributed by atoms with Crippen molar-refractivity contribution in [3.8, 4) is 5.69 Å². The molecule has 1 aromatic heterocycles. The summed E-state index contributed by atoms with van der Waals surface area (Å²) < 4.78 is 1.80. The molecule has 0 fully saturated rings. The molecule has 2 aromatic rings. The second-order valence-electron chi connectivity index (χ2n) is 3.75. The highest BCUT2D eigenvalue weighted by molar-refractivity contribution is 5.75. The minimum Gasteiger partial charge on any atom is -0.352 e. The van der Waals surface area contributed by atoms with Gasteiger partial charge < -0.3 is 5.32 Å². The summed E-state index contributed by atoms with van der Waals surface area (Å²) in [6.45, 7) is 2.40. The van der Waals surface area contributed by atoms with Gasteiger partial charge in [0, 0.05) is 25.4 Å². The van der Waals surface area contributed by atoms with Crippen molar-refractivity contribution in [1.29, 1.82) is 0 Å². The van der Waals surface area contributed by atoms with Gasteiger partial charge in [0.25, 0.3) is 0 Å². The second-order valence-corrected chi connectivity index (χ2v) is 3.75. The molecule has 1 amide bonds. The summed E-state index contributed by atoms with van der Waals surface area (Å²) in [6, 6.07) is 9.83. The topological polar surface area (TPSA) is 46.9 Å². The van der Waals surface area contributed by atoms with Gasteiger partial charge in [-0.3, -0.25) is 4.79 Å². The van der Waals surface area contributed by atoms with Crippen LogP contribution in [0.4, 0.5) is 0 Å². The van der Waals surface area contributed by atoms with Crippen molar-refractivity contribution in [2.45, 2.75) is 19.9 Å². The lowest BCUT2D eigenvalue weighted by Crippen LogP contribution is -2.21. The summed E-state index contributed by atoms with van der Waals surface area (Å²) in [5.74, 6) is 0.0643. The van der Waals surface area contributed by atoms with Gasteiger partial charge in [-0.15, -0.1) is 0 Å². The molecule has 2 rings (SSSR count). The first-order chi connectivity index (χ1) is 8.29. The number of rotatable bonds is 4. The zero-order valence-electron chi connectivity index (χ0n) is 9.76. The number of hydrogen-bond acceptors (Lipinski definition) is 2. The van der Waals surface area contributed by atoms with Crippen molar-refractivity contribution in [3.05, 3.63) is 48.3 Å². The molecule has 88 valence electrons. The van der Waals surface area contributed by atoms with E-state index in [1.165, 1.54) is 0 Å². The lowest BCUT2D eigenvalue weighted by atomic mass is 10.2. The average molecular weight is 229 g/mol. The van der Waals surface area contributed by atoms with Gasteiger partial charge in [0.2, 0.25) is 5.91 Å². The number of aromatic nitrogens is 2. The van der Waals surface area contributed by atoms with Crippen LogP contribution in [0.25, 0.3) is 5.69 Å². The Labute approximate surface area is 100 Å².